The van der Waals surface area contributed by atoms with Crippen molar-refractivity contribution in [2.45, 2.75) is 82.4 Å². The highest BCUT2D eigenvalue weighted by Crippen LogP contribution is 2.58. The minimum Gasteiger partial charge on any atom is -0.387 e. The third-order valence-electron chi connectivity index (χ3n) is 8.25. The fraction of sp³-hybridized carbons (Fsp3) is 0.680. The summed E-state index contributed by atoms with van der Waals surface area (Å²) in [5.74, 6) is 0.531. The van der Waals surface area contributed by atoms with Crippen molar-refractivity contribution < 1.29 is 14.7 Å². The Balaban J connectivity index is 1.57. The number of fused-ring (bicyclic) bond motifs is 1. The van der Waals surface area contributed by atoms with Crippen LogP contribution in [0.5, 0.6) is 0 Å². The largest absolute Gasteiger partial charge is 0.387 e. The maximum atomic E-state index is 13.3. The lowest BCUT2D eigenvalue weighted by atomic mass is 9.48. The number of rotatable bonds is 4. The van der Waals surface area contributed by atoms with Gasteiger partial charge in [-0.15, -0.1) is 0 Å². The highest BCUT2D eigenvalue weighted by molar-refractivity contribution is 5.92. The van der Waals surface area contributed by atoms with Crippen LogP contribution in [0, 0.1) is 18.8 Å². The van der Waals surface area contributed by atoms with E-state index >= 15 is 0 Å². The molecule has 2 saturated carbocycles. The lowest BCUT2D eigenvalue weighted by molar-refractivity contribution is -0.178. The summed E-state index contributed by atoms with van der Waals surface area (Å²) < 4.78 is 0. The number of amides is 1. The van der Waals surface area contributed by atoms with Crippen molar-refractivity contribution >= 4 is 11.7 Å². The number of ketones is 1. The van der Waals surface area contributed by atoms with E-state index in [-0.39, 0.29) is 23.7 Å². The quantitative estimate of drug-likeness (QED) is 0.800. The van der Waals surface area contributed by atoms with E-state index in [1.807, 2.05) is 13.8 Å². The zero-order chi connectivity index (χ0) is 21.3. The van der Waals surface area contributed by atoms with E-state index < -0.39 is 17.1 Å². The molecule has 2 bridgehead atoms. The van der Waals surface area contributed by atoms with Crippen molar-refractivity contribution in [3.8, 4) is 0 Å². The normalized spacial score (nSPS) is 35.7. The van der Waals surface area contributed by atoms with Crippen LogP contribution in [0.25, 0.3) is 0 Å². The number of carbonyl (C=O) groups excluding carboxylic acids is 2. The summed E-state index contributed by atoms with van der Waals surface area (Å²) in [7, 11) is 0. The van der Waals surface area contributed by atoms with Crippen molar-refractivity contribution in [1.82, 2.24) is 10.2 Å². The van der Waals surface area contributed by atoms with Crippen LogP contribution in [0.3, 0.4) is 0 Å². The number of piperidine rings is 1. The van der Waals surface area contributed by atoms with E-state index in [0.717, 1.165) is 31.8 Å². The second kappa shape index (κ2) is 6.89. The molecule has 3 fully saturated rings. The number of benzene rings is 1. The van der Waals surface area contributed by atoms with Gasteiger partial charge in [0.05, 0.1) is 11.6 Å². The molecule has 1 aromatic carbocycles. The van der Waals surface area contributed by atoms with Crippen molar-refractivity contribution in [3.63, 3.8) is 0 Å². The van der Waals surface area contributed by atoms with Crippen LogP contribution in [0.1, 0.15) is 62.6 Å². The van der Waals surface area contributed by atoms with Crippen molar-refractivity contribution in [2.75, 3.05) is 13.1 Å². The van der Waals surface area contributed by atoms with Crippen LogP contribution >= 0.6 is 0 Å². The number of carbonyl (C=O) groups is 2. The summed E-state index contributed by atoms with van der Waals surface area (Å²) in [4.78, 5) is 28.1. The number of nitrogens with zero attached hydrogens (tertiary/aromatic N) is 1. The number of Topliss-reactive ketones (excluding diaryl/α,β-unsaturated/α-hetero) is 1. The molecular weight excluding hydrogens is 376 g/mol. The van der Waals surface area contributed by atoms with Gasteiger partial charge in [-0.05, 0) is 56.2 Å². The Morgan fingerprint density at radius 2 is 2.10 bits per heavy atom. The van der Waals surface area contributed by atoms with Crippen molar-refractivity contribution in [3.05, 3.63) is 34.9 Å². The molecule has 1 amide bonds. The Hall–Kier alpha value is -1.72. The van der Waals surface area contributed by atoms with Crippen LogP contribution in [-0.4, -0.2) is 52.5 Å². The molecule has 5 nitrogen and oxygen atoms in total. The smallest absolute Gasteiger partial charge is 0.223 e. The molecule has 4 aliphatic rings. The van der Waals surface area contributed by atoms with Crippen LogP contribution in [0.15, 0.2) is 18.2 Å². The summed E-state index contributed by atoms with van der Waals surface area (Å²) in [6.07, 6.45) is 4.84. The Morgan fingerprint density at radius 1 is 1.33 bits per heavy atom. The van der Waals surface area contributed by atoms with E-state index in [1.165, 1.54) is 29.5 Å². The van der Waals surface area contributed by atoms with Gasteiger partial charge in [-0.2, -0.15) is 0 Å². The third kappa shape index (κ3) is 2.96. The van der Waals surface area contributed by atoms with Gasteiger partial charge >= 0.3 is 0 Å². The molecule has 1 heterocycles. The van der Waals surface area contributed by atoms with Gasteiger partial charge in [0, 0.05) is 36.8 Å². The van der Waals surface area contributed by atoms with E-state index in [4.69, 9.17) is 0 Å². The zero-order valence-corrected chi connectivity index (χ0v) is 18.4. The average Bonchev–Trinajstić information content (AvgIpc) is 3.50. The highest BCUT2D eigenvalue weighted by atomic mass is 16.3. The van der Waals surface area contributed by atoms with E-state index in [0.29, 0.717) is 12.8 Å². The molecule has 5 heteroatoms. The van der Waals surface area contributed by atoms with Crippen LogP contribution < -0.4 is 5.32 Å². The lowest BCUT2D eigenvalue weighted by Gasteiger charge is -2.64. The standard InChI is InChI=1S/C25H34N2O3/c1-15(2)23(29)26-20-12-25(30)22-11-18-7-4-16(3)10-19(18)24(25,13-21(20)28)8-9-27(22)14-17-5-6-17/h4,7,10,15,17,20,22,30H,5-6,8-9,11-14H2,1-3H3,(H,26,29)/t20-,22+,24+,25+/m0/s1. The van der Waals surface area contributed by atoms with Gasteiger partial charge in [0.25, 0.3) is 0 Å². The second-order valence-corrected chi connectivity index (χ2v) is 10.6. The van der Waals surface area contributed by atoms with E-state index in [2.05, 4.69) is 35.3 Å². The van der Waals surface area contributed by atoms with Crippen LogP contribution in [0.4, 0.5) is 0 Å². The van der Waals surface area contributed by atoms with Crippen molar-refractivity contribution in [2.24, 2.45) is 11.8 Å². The van der Waals surface area contributed by atoms with Gasteiger partial charge in [-0.3, -0.25) is 14.5 Å². The molecule has 162 valence electrons. The molecule has 5 rings (SSSR count). The van der Waals surface area contributed by atoms with Gasteiger partial charge < -0.3 is 10.4 Å². The molecule has 0 radical (unpaired) electrons. The van der Waals surface area contributed by atoms with Crippen LogP contribution in [-0.2, 0) is 21.4 Å². The molecule has 1 saturated heterocycles. The molecule has 4 atom stereocenters. The summed E-state index contributed by atoms with van der Waals surface area (Å²) in [5.41, 5.74) is 2.10. The number of hydrogen-bond donors (Lipinski definition) is 2. The summed E-state index contributed by atoms with van der Waals surface area (Å²) in [6, 6.07) is 5.97. The van der Waals surface area contributed by atoms with E-state index in [1.54, 1.807) is 0 Å². The minimum atomic E-state index is -0.996. The van der Waals surface area contributed by atoms with Crippen molar-refractivity contribution in [1.29, 1.82) is 0 Å². The Kier molecular flexibility index (Phi) is 4.64. The van der Waals surface area contributed by atoms with Gasteiger partial charge in [0.1, 0.15) is 0 Å². The SMILES string of the molecule is Cc1ccc2c(c1)[C@]13CCN(CC4CC4)[C@H](C2)[C@]1(O)C[C@H](NC(=O)C(C)C)C(=O)C3. The number of likely N-dealkylation sites (tertiary alicyclic amines) is 1. The van der Waals surface area contributed by atoms with Gasteiger partial charge in [-0.1, -0.05) is 37.6 Å². The summed E-state index contributed by atoms with van der Waals surface area (Å²) in [6.45, 7) is 7.74. The minimum absolute atomic E-state index is 0.00797. The Labute approximate surface area is 179 Å². The first-order valence-corrected chi connectivity index (χ1v) is 11.6. The summed E-state index contributed by atoms with van der Waals surface area (Å²) >= 11 is 0. The lowest BCUT2D eigenvalue weighted by Crippen LogP contribution is -2.76. The Morgan fingerprint density at radius 3 is 2.80 bits per heavy atom. The predicted molar refractivity (Wildman–Crippen MR) is 115 cm³/mol. The first-order chi connectivity index (χ1) is 14.2. The second-order valence-electron chi connectivity index (χ2n) is 10.6. The average molecular weight is 411 g/mol. The monoisotopic (exact) mass is 410 g/mol. The molecular formula is C25H34N2O3. The number of aliphatic hydroxyl groups is 1. The molecule has 1 aromatic rings. The molecule has 0 unspecified atom stereocenters. The molecule has 3 aliphatic carbocycles. The van der Waals surface area contributed by atoms with Gasteiger partial charge in [0.2, 0.25) is 5.91 Å². The van der Waals surface area contributed by atoms with E-state index in [9.17, 15) is 14.7 Å². The van der Waals surface area contributed by atoms with Gasteiger partial charge in [0.15, 0.2) is 5.78 Å². The molecule has 30 heavy (non-hydrogen) atoms. The first-order valence-electron chi connectivity index (χ1n) is 11.6. The summed E-state index contributed by atoms with van der Waals surface area (Å²) in [5, 5.41) is 15.3. The number of nitrogens with one attached hydrogen (secondary N) is 1. The maximum absolute atomic E-state index is 13.3. The maximum Gasteiger partial charge on any atom is 0.223 e. The fourth-order valence-electron chi connectivity index (χ4n) is 6.35. The molecule has 0 spiro atoms. The molecule has 0 aromatic heterocycles. The molecule has 2 N–H and O–H groups in total. The van der Waals surface area contributed by atoms with Gasteiger partial charge in [-0.25, -0.2) is 0 Å². The first kappa shape index (κ1) is 20.2. The molecule has 1 aliphatic heterocycles. The Bertz CT molecular complexity index is 892. The predicted octanol–water partition coefficient (Wildman–Crippen LogP) is 2.51. The zero-order valence-electron chi connectivity index (χ0n) is 18.4. The highest BCUT2D eigenvalue weighted by Gasteiger charge is 2.66. The van der Waals surface area contributed by atoms with Crippen LogP contribution in [0.2, 0.25) is 0 Å². The third-order valence-corrected chi connectivity index (χ3v) is 8.25. The number of aryl methyl sites for hydroxylation is 1. The fourth-order valence-corrected chi connectivity index (χ4v) is 6.35. The number of hydrogen-bond acceptors (Lipinski definition) is 4. The topological polar surface area (TPSA) is 69.6 Å².